The van der Waals surface area contributed by atoms with Gasteiger partial charge in [0.05, 0.1) is 5.56 Å². The molecular weight excluding hydrogens is 495 g/mol. The Kier molecular flexibility index (Phi) is 7.85. The topological polar surface area (TPSA) is 78.5 Å². The number of nitrogens with zero attached hydrogens (tertiary/aromatic N) is 1. The molecule has 1 aliphatic carbocycles. The molecule has 1 saturated heterocycles. The summed E-state index contributed by atoms with van der Waals surface area (Å²) in [5.41, 5.74) is 1.60. The van der Waals surface area contributed by atoms with Crippen LogP contribution in [0.15, 0.2) is 48.5 Å². The fraction of sp³-hybridized carbons (Fsp3) is 0.483. The summed E-state index contributed by atoms with van der Waals surface area (Å²) in [4.78, 5) is 42.6. The van der Waals surface area contributed by atoms with Crippen LogP contribution in [0.2, 0.25) is 0 Å². The second-order valence-electron chi connectivity index (χ2n) is 11.0. The van der Waals surface area contributed by atoms with E-state index in [1.54, 1.807) is 13.8 Å². The first kappa shape index (κ1) is 27.7. The molecule has 2 aliphatic rings. The molecule has 2 aromatic rings. The number of nitrogens with one attached hydrogen (secondary N) is 2. The van der Waals surface area contributed by atoms with Crippen LogP contribution in [0.1, 0.15) is 62.4 Å². The minimum absolute atomic E-state index is 0.0229. The molecule has 0 radical (unpaired) electrons. The molecule has 3 atom stereocenters. The van der Waals surface area contributed by atoms with Crippen LogP contribution in [0, 0.1) is 11.8 Å². The second kappa shape index (κ2) is 10.8. The van der Waals surface area contributed by atoms with Crippen LogP contribution in [0.25, 0.3) is 0 Å². The number of benzene rings is 2. The van der Waals surface area contributed by atoms with Gasteiger partial charge in [-0.05, 0) is 73.8 Å². The van der Waals surface area contributed by atoms with E-state index >= 15 is 0 Å². The van der Waals surface area contributed by atoms with E-state index < -0.39 is 41.7 Å². The molecule has 2 N–H and O–H groups in total. The van der Waals surface area contributed by atoms with Crippen LogP contribution in [0.3, 0.4) is 0 Å². The van der Waals surface area contributed by atoms with E-state index in [9.17, 15) is 27.6 Å². The highest BCUT2D eigenvalue weighted by molar-refractivity contribution is 6.00. The predicted molar refractivity (Wildman–Crippen MR) is 137 cm³/mol. The van der Waals surface area contributed by atoms with Gasteiger partial charge in [-0.15, -0.1) is 0 Å². The Labute approximate surface area is 221 Å². The fourth-order valence-corrected chi connectivity index (χ4v) is 5.53. The fourth-order valence-electron chi connectivity index (χ4n) is 5.53. The largest absolute Gasteiger partial charge is 0.416 e. The number of piperazine rings is 1. The Bertz CT molecular complexity index is 1170. The molecule has 38 heavy (non-hydrogen) atoms. The number of amides is 3. The first-order valence-corrected chi connectivity index (χ1v) is 13.0. The first-order valence-electron chi connectivity index (χ1n) is 13.0. The van der Waals surface area contributed by atoms with Gasteiger partial charge in [0.25, 0.3) is 0 Å². The van der Waals surface area contributed by atoms with E-state index in [4.69, 9.17) is 0 Å². The van der Waals surface area contributed by atoms with Crippen molar-refractivity contribution in [1.82, 2.24) is 15.5 Å². The van der Waals surface area contributed by atoms with Gasteiger partial charge in [-0.3, -0.25) is 14.4 Å². The summed E-state index contributed by atoms with van der Waals surface area (Å²) in [5, 5.41) is 5.74. The average molecular weight is 530 g/mol. The highest BCUT2D eigenvalue weighted by atomic mass is 19.4. The van der Waals surface area contributed by atoms with Crippen LogP contribution < -0.4 is 10.6 Å². The summed E-state index contributed by atoms with van der Waals surface area (Å²) < 4.78 is 39.8. The molecule has 0 aromatic heterocycles. The van der Waals surface area contributed by atoms with E-state index in [1.165, 1.54) is 17.0 Å². The van der Waals surface area contributed by atoms with Crippen molar-refractivity contribution in [2.75, 3.05) is 0 Å². The lowest BCUT2D eigenvalue weighted by Crippen LogP contribution is -2.67. The molecule has 4 rings (SSSR count). The van der Waals surface area contributed by atoms with Crippen LogP contribution in [0.5, 0.6) is 0 Å². The zero-order chi connectivity index (χ0) is 27.8. The summed E-state index contributed by atoms with van der Waals surface area (Å²) >= 11 is 0. The van der Waals surface area contributed by atoms with Gasteiger partial charge in [0.1, 0.15) is 18.1 Å². The van der Waals surface area contributed by atoms with Crippen LogP contribution >= 0.6 is 0 Å². The lowest BCUT2D eigenvalue weighted by Gasteiger charge is -2.45. The lowest BCUT2D eigenvalue weighted by molar-refractivity contribution is -0.158. The molecule has 2 aromatic carbocycles. The van der Waals surface area contributed by atoms with Gasteiger partial charge in [-0.1, -0.05) is 50.2 Å². The molecule has 1 aliphatic heterocycles. The third-order valence-electron chi connectivity index (χ3n) is 7.22. The Morgan fingerprint density at radius 1 is 1.00 bits per heavy atom. The average Bonchev–Trinajstić information content (AvgIpc) is 3.26. The van der Waals surface area contributed by atoms with Gasteiger partial charge in [0.15, 0.2) is 0 Å². The number of rotatable bonds is 7. The molecule has 0 spiro atoms. The zero-order valence-corrected chi connectivity index (χ0v) is 22.0. The number of fused-ring (bicyclic) bond motifs is 1. The molecule has 0 saturated carbocycles. The van der Waals surface area contributed by atoms with Crippen LogP contribution in [0.4, 0.5) is 13.2 Å². The van der Waals surface area contributed by atoms with Crippen molar-refractivity contribution < 1.29 is 27.6 Å². The molecule has 9 heteroatoms. The highest BCUT2D eigenvalue weighted by Crippen LogP contribution is 2.36. The maximum Gasteiger partial charge on any atom is 0.416 e. The van der Waals surface area contributed by atoms with E-state index in [0.29, 0.717) is 19.3 Å². The number of alkyl halides is 3. The van der Waals surface area contributed by atoms with Crippen molar-refractivity contribution in [1.29, 1.82) is 0 Å². The molecule has 1 unspecified atom stereocenters. The summed E-state index contributed by atoms with van der Waals surface area (Å²) in [7, 11) is 0. The summed E-state index contributed by atoms with van der Waals surface area (Å²) in [6.45, 7) is 7.35. The summed E-state index contributed by atoms with van der Waals surface area (Å²) in [6, 6.07) is 8.81. The molecule has 1 heterocycles. The number of carbonyl (C=O) groups excluding carboxylic acids is 3. The molecule has 6 nitrogen and oxygen atoms in total. The normalized spacial score (nSPS) is 21.0. The van der Waals surface area contributed by atoms with E-state index in [-0.39, 0.29) is 29.3 Å². The first-order chi connectivity index (χ1) is 17.9. The predicted octanol–water partition coefficient (Wildman–Crippen LogP) is 4.43. The van der Waals surface area contributed by atoms with Gasteiger partial charge >= 0.3 is 6.18 Å². The van der Waals surface area contributed by atoms with Crippen molar-refractivity contribution in [2.45, 2.75) is 77.3 Å². The van der Waals surface area contributed by atoms with Crippen molar-refractivity contribution in [3.63, 3.8) is 0 Å². The van der Waals surface area contributed by atoms with E-state index in [0.717, 1.165) is 23.3 Å². The van der Waals surface area contributed by atoms with Crippen molar-refractivity contribution in [2.24, 2.45) is 11.8 Å². The Morgan fingerprint density at radius 3 is 2.08 bits per heavy atom. The van der Waals surface area contributed by atoms with Gasteiger partial charge in [0, 0.05) is 6.04 Å². The highest BCUT2D eigenvalue weighted by Gasteiger charge is 2.49. The van der Waals surface area contributed by atoms with E-state index in [2.05, 4.69) is 10.6 Å². The lowest BCUT2D eigenvalue weighted by atomic mass is 9.87. The van der Waals surface area contributed by atoms with Gasteiger partial charge in [0.2, 0.25) is 17.7 Å². The maximum atomic E-state index is 14.2. The minimum Gasteiger partial charge on any atom is -0.352 e. The smallest absolute Gasteiger partial charge is 0.352 e. The molecular formula is C29H34F3N3O3. The standard InChI is InChI=1S/C29H34F3N3O3/c1-16(2)13-23-26(36)34-24(21-14-19-7-5-6-8-20(19)15-21)28(38)35(23)25(27(37)33-17(3)4)18-9-11-22(12-10-18)29(30,31)32/h5-12,16-17,21,23-25H,13-15H2,1-4H3,(H,33,37)(H,34,36)/t23-,24-,25?/m1/s1. The molecule has 0 bridgehead atoms. The van der Waals surface area contributed by atoms with Crippen molar-refractivity contribution in [3.8, 4) is 0 Å². The molecule has 204 valence electrons. The number of hydrogen-bond acceptors (Lipinski definition) is 3. The monoisotopic (exact) mass is 529 g/mol. The Balaban J connectivity index is 1.76. The summed E-state index contributed by atoms with van der Waals surface area (Å²) in [6.07, 6.45) is -3.02. The number of halogens is 3. The van der Waals surface area contributed by atoms with Crippen LogP contribution in [-0.2, 0) is 33.4 Å². The zero-order valence-electron chi connectivity index (χ0n) is 22.0. The Morgan fingerprint density at radius 2 is 1.58 bits per heavy atom. The maximum absolute atomic E-state index is 14.2. The third-order valence-corrected chi connectivity index (χ3v) is 7.22. The van der Waals surface area contributed by atoms with Gasteiger partial charge < -0.3 is 15.5 Å². The Hall–Kier alpha value is -3.36. The number of hydrogen-bond donors (Lipinski definition) is 2. The number of carbonyl (C=O) groups is 3. The summed E-state index contributed by atoms with van der Waals surface area (Å²) in [5.74, 6) is -1.45. The van der Waals surface area contributed by atoms with E-state index in [1.807, 2.05) is 38.1 Å². The van der Waals surface area contributed by atoms with Crippen molar-refractivity contribution in [3.05, 3.63) is 70.8 Å². The SMILES string of the molecule is CC(C)C[C@@H]1C(=O)N[C@H](C2Cc3ccccc3C2)C(=O)N1C(C(=O)NC(C)C)c1ccc(C(F)(F)F)cc1. The van der Waals surface area contributed by atoms with Crippen LogP contribution in [-0.4, -0.2) is 40.7 Å². The van der Waals surface area contributed by atoms with Gasteiger partial charge in [-0.25, -0.2) is 0 Å². The molecule has 3 amide bonds. The second-order valence-corrected chi connectivity index (χ2v) is 11.0. The minimum atomic E-state index is -4.54. The van der Waals surface area contributed by atoms with Gasteiger partial charge in [-0.2, -0.15) is 13.2 Å². The molecule has 1 fully saturated rings. The third kappa shape index (κ3) is 5.71. The van der Waals surface area contributed by atoms with Crippen molar-refractivity contribution >= 4 is 17.7 Å². The quantitative estimate of drug-likeness (QED) is 0.557.